The molecule has 0 saturated heterocycles. The molecule has 1 nitrogen and oxygen atoms in total. The van der Waals surface area contributed by atoms with Gasteiger partial charge in [-0.15, -0.1) is 23.4 Å². The van der Waals surface area contributed by atoms with Crippen molar-refractivity contribution >= 4 is 35.1 Å². The van der Waals surface area contributed by atoms with Gasteiger partial charge < -0.3 is 4.74 Å². The molecule has 0 N–H and O–H groups in total. The summed E-state index contributed by atoms with van der Waals surface area (Å²) in [5.41, 5.74) is 2.50. The number of methoxy groups -OCH3 is 1. The fourth-order valence-electron chi connectivity index (χ4n) is 2.35. The van der Waals surface area contributed by atoms with Crippen LogP contribution in [0, 0.1) is 0 Å². The number of ether oxygens (including phenoxy) is 1. The highest BCUT2D eigenvalue weighted by Crippen LogP contribution is 2.44. The Morgan fingerprint density at radius 2 is 2.00 bits per heavy atom. The van der Waals surface area contributed by atoms with E-state index in [4.69, 9.17) is 16.3 Å². The Kier molecular flexibility index (Phi) is 4.20. The third-order valence-electron chi connectivity index (χ3n) is 3.44. The molecule has 2 aromatic carbocycles. The van der Waals surface area contributed by atoms with Gasteiger partial charge in [0.1, 0.15) is 5.75 Å². The molecule has 1 heterocycles. The van der Waals surface area contributed by atoms with E-state index < -0.39 is 0 Å². The van der Waals surface area contributed by atoms with Crippen molar-refractivity contribution in [3.05, 3.63) is 47.5 Å². The Morgan fingerprint density at radius 1 is 1.20 bits per heavy atom. The summed E-state index contributed by atoms with van der Waals surface area (Å²) in [5.74, 6) is 0.893. The molecule has 1 aliphatic heterocycles. The first-order valence-electron chi connectivity index (χ1n) is 6.38. The molecular weight excluding hydrogens is 308 g/mol. The van der Waals surface area contributed by atoms with Crippen molar-refractivity contribution in [1.82, 2.24) is 0 Å². The first-order chi connectivity index (χ1) is 9.71. The second-order valence-corrected chi connectivity index (χ2v) is 7.14. The lowest BCUT2D eigenvalue weighted by molar-refractivity contribution is 0.414. The average molecular weight is 323 g/mol. The molecule has 20 heavy (non-hydrogen) atoms. The average Bonchev–Trinajstić information content (AvgIpc) is 2.62. The molecule has 4 heteroatoms. The molecule has 2 aromatic rings. The number of thioether (sulfide) groups is 1. The van der Waals surface area contributed by atoms with E-state index >= 15 is 0 Å². The molecule has 0 radical (unpaired) electrons. The highest BCUT2D eigenvalue weighted by Gasteiger charge is 2.21. The Bertz CT molecular complexity index is 642. The predicted octanol–water partition coefficient (Wildman–Crippen LogP) is 5.40. The maximum atomic E-state index is 6.64. The summed E-state index contributed by atoms with van der Waals surface area (Å²) in [6.07, 6.45) is 2.93. The molecule has 3 rings (SSSR count). The van der Waals surface area contributed by atoms with Crippen LogP contribution in [-0.4, -0.2) is 13.4 Å². The van der Waals surface area contributed by atoms with Crippen molar-refractivity contribution < 1.29 is 4.74 Å². The summed E-state index contributed by atoms with van der Waals surface area (Å²) in [4.78, 5) is 3.79. The Labute approximate surface area is 133 Å². The zero-order chi connectivity index (χ0) is 14.1. The summed E-state index contributed by atoms with van der Waals surface area (Å²) in [6.45, 7) is 0. The first kappa shape index (κ1) is 14.2. The number of hydrogen-bond acceptors (Lipinski definition) is 3. The van der Waals surface area contributed by atoms with Crippen LogP contribution in [0.25, 0.3) is 0 Å². The second-order valence-electron chi connectivity index (χ2n) is 4.65. The fraction of sp³-hybridized carbons (Fsp3) is 0.250. The van der Waals surface area contributed by atoms with Gasteiger partial charge in [-0.3, -0.25) is 0 Å². The van der Waals surface area contributed by atoms with Gasteiger partial charge in [0.2, 0.25) is 0 Å². The van der Waals surface area contributed by atoms with E-state index in [1.54, 1.807) is 30.6 Å². The highest BCUT2D eigenvalue weighted by molar-refractivity contribution is 7.99. The normalized spacial score (nSPS) is 17.1. The summed E-state index contributed by atoms with van der Waals surface area (Å²) in [5, 5.41) is 0.0120. The SMILES string of the molecule is COc1ccc2c(c1)CC(Cl)c1cc(SC)ccc1S2. The minimum Gasteiger partial charge on any atom is -0.497 e. The molecule has 0 aliphatic carbocycles. The molecule has 0 fully saturated rings. The smallest absolute Gasteiger partial charge is 0.119 e. The molecule has 1 unspecified atom stereocenters. The number of hydrogen-bond donors (Lipinski definition) is 0. The van der Waals surface area contributed by atoms with Gasteiger partial charge in [-0.25, -0.2) is 0 Å². The molecule has 0 bridgehead atoms. The Balaban J connectivity index is 2.05. The van der Waals surface area contributed by atoms with Crippen molar-refractivity contribution in [2.75, 3.05) is 13.4 Å². The van der Waals surface area contributed by atoms with Gasteiger partial charge >= 0.3 is 0 Å². The van der Waals surface area contributed by atoms with E-state index in [0.29, 0.717) is 0 Å². The summed E-state index contributed by atoms with van der Waals surface area (Å²) in [6, 6.07) is 12.8. The van der Waals surface area contributed by atoms with E-state index in [0.717, 1.165) is 12.2 Å². The van der Waals surface area contributed by atoms with Crippen molar-refractivity contribution in [2.24, 2.45) is 0 Å². The van der Waals surface area contributed by atoms with Crippen LogP contribution in [0.1, 0.15) is 16.5 Å². The zero-order valence-corrected chi connectivity index (χ0v) is 13.7. The maximum absolute atomic E-state index is 6.64. The quantitative estimate of drug-likeness (QED) is 0.541. The lowest BCUT2D eigenvalue weighted by Crippen LogP contribution is -1.96. The Morgan fingerprint density at radius 3 is 2.75 bits per heavy atom. The second kappa shape index (κ2) is 5.92. The van der Waals surface area contributed by atoms with Crippen LogP contribution in [0.3, 0.4) is 0 Å². The van der Waals surface area contributed by atoms with Gasteiger partial charge in [0, 0.05) is 14.7 Å². The van der Waals surface area contributed by atoms with Crippen LogP contribution in [-0.2, 0) is 6.42 Å². The van der Waals surface area contributed by atoms with E-state index in [1.807, 2.05) is 6.07 Å². The fourth-order valence-corrected chi connectivity index (χ4v) is 4.32. The summed E-state index contributed by atoms with van der Waals surface area (Å²) < 4.78 is 5.31. The van der Waals surface area contributed by atoms with Crippen LogP contribution >= 0.6 is 35.1 Å². The summed E-state index contributed by atoms with van der Waals surface area (Å²) >= 11 is 10.2. The van der Waals surface area contributed by atoms with Crippen LogP contribution in [0.15, 0.2) is 51.1 Å². The zero-order valence-electron chi connectivity index (χ0n) is 11.4. The van der Waals surface area contributed by atoms with Crippen LogP contribution in [0.5, 0.6) is 5.75 Å². The minimum absolute atomic E-state index is 0.0120. The Hall–Kier alpha value is -0.770. The largest absolute Gasteiger partial charge is 0.497 e. The number of fused-ring (bicyclic) bond motifs is 2. The lowest BCUT2D eigenvalue weighted by atomic mass is 10.0. The van der Waals surface area contributed by atoms with E-state index in [2.05, 4.69) is 36.6 Å². The first-order valence-corrected chi connectivity index (χ1v) is 8.86. The van der Waals surface area contributed by atoms with Crippen molar-refractivity contribution in [1.29, 1.82) is 0 Å². The lowest BCUT2D eigenvalue weighted by Gasteiger charge is -2.11. The van der Waals surface area contributed by atoms with Crippen LogP contribution in [0.2, 0.25) is 0 Å². The minimum atomic E-state index is 0.0120. The van der Waals surface area contributed by atoms with E-state index in [9.17, 15) is 0 Å². The monoisotopic (exact) mass is 322 g/mol. The molecule has 1 atom stereocenters. The third-order valence-corrected chi connectivity index (χ3v) is 5.77. The van der Waals surface area contributed by atoms with Gasteiger partial charge in [0.15, 0.2) is 0 Å². The molecule has 0 spiro atoms. The van der Waals surface area contributed by atoms with Gasteiger partial charge in [0.25, 0.3) is 0 Å². The van der Waals surface area contributed by atoms with Gasteiger partial charge in [0.05, 0.1) is 12.5 Å². The molecule has 0 aromatic heterocycles. The third kappa shape index (κ3) is 2.67. The molecule has 0 saturated carbocycles. The molecule has 0 amide bonds. The van der Waals surface area contributed by atoms with Crippen LogP contribution in [0.4, 0.5) is 0 Å². The van der Waals surface area contributed by atoms with Gasteiger partial charge in [-0.2, -0.15) is 0 Å². The highest BCUT2D eigenvalue weighted by atomic mass is 35.5. The van der Waals surface area contributed by atoms with Gasteiger partial charge in [-0.1, -0.05) is 11.8 Å². The standard InChI is InChI=1S/C16H15ClOS2/c1-18-11-3-5-15-10(7-11)8-14(17)13-9-12(19-2)4-6-16(13)20-15/h3-7,9,14H,8H2,1-2H3. The van der Waals surface area contributed by atoms with Crippen molar-refractivity contribution in [3.8, 4) is 5.75 Å². The molecule has 104 valence electrons. The van der Waals surface area contributed by atoms with Crippen molar-refractivity contribution in [3.63, 3.8) is 0 Å². The predicted molar refractivity (Wildman–Crippen MR) is 87.6 cm³/mol. The van der Waals surface area contributed by atoms with Crippen molar-refractivity contribution in [2.45, 2.75) is 26.5 Å². The number of halogens is 1. The van der Waals surface area contributed by atoms with Gasteiger partial charge in [-0.05, 0) is 60.2 Å². The molecular formula is C16H15ClOS2. The molecule has 1 aliphatic rings. The number of alkyl halides is 1. The van der Waals surface area contributed by atoms with E-state index in [1.165, 1.54) is 25.8 Å². The maximum Gasteiger partial charge on any atom is 0.119 e. The number of benzene rings is 2. The van der Waals surface area contributed by atoms with E-state index in [-0.39, 0.29) is 5.38 Å². The van der Waals surface area contributed by atoms with Crippen LogP contribution < -0.4 is 4.74 Å². The summed E-state index contributed by atoms with van der Waals surface area (Å²) in [7, 11) is 1.70. The number of rotatable bonds is 2. The topological polar surface area (TPSA) is 9.23 Å².